The summed E-state index contributed by atoms with van der Waals surface area (Å²) < 4.78 is 93.7. The first-order valence-electron chi connectivity index (χ1n) is 40.2. The van der Waals surface area contributed by atoms with Crippen molar-refractivity contribution in [2.75, 3.05) is 20.2 Å². The van der Waals surface area contributed by atoms with E-state index < -0.39 is 296 Å². The Morgan fingerprint density at radius 1 is 0.677 bits per heavy atom. The van der Waals surface area contributed by atoms with Gasteiger partial charge in [-0.1, -0.05) is 62.7 Å². The van der Waals surface area contributed by atoms with Crippen molar-refractivity contribution < 1.29 is 155 Å². The number of aliphatic hydroxyl groups is 8. The molecule has 6 aromatic carbocycles. The molecule has 23 atom stereocenters. The maximum absolute atomic E-state index is 16.4. The molecule has 0 saturated carbocycles. The second kappa shape index (κ2) is 40.5. The second-order valence-corrected chi connectivity index (χ2v) is 34.3. The van der Waals surface area contributed by atoms with Crippen molar-refractivity contribution in [3.05, 3.63) is 158 Å². The number of phenols is 3. The van der Waals surface area contributed by atoms with E-state index in [-0.39, 0.29) is 50.4 Å². The zero-order valence-electron chi connectivity index (χ0n) is 68.8. The summed E-state index contributed by atoms with van der Waals surface area (Å²) in [5.41, 5.74) is 8.39. The van der Waals surface area contributed by atoms with Crippen molar-refractivity contribution in [2.24, 2.45) is 17.4 Å². The van der Waals surface area contributed by atoms with Crippen LogP contribution in [0, 0.1) is 5.92 Å². The number of aliphatic carboxylic acids is 1. The fourth-order valence-electron chi connectivity index (χ4n) is 15.8. The molecule has 15 rings (SSSR count). The lowest BCUT2D eigenvalue weighted by Crippen LogP contribution is -2.65. The topological polar surface area (TPSA) is 611 Å². The molecule has 39 nitrogen and oxygen atoms in total. The highest BCUT2D eigenvalue weighted by atomic mass is 35.5. The highest BCUT2D eigenvalue weighted by molar-refractivity contribution is 7.15. The lowest BCUT2D eigenvalue weighted by atomic mass is 9.86. The number of aliphatic hydroxyl groups excluding tert-OH is 8. The average molecular weight is 1880 g/mol. The number of carbonyl (C=O) groups excluding carboxylic acids is 7. The van der Waals surface area contributed by atoms with Crippen LogP contribution in [0.3, 0.4) is 0 Å². The number of nitrogens with one attached hydrogen (secondary N) is 8. The number of alkyl halides is 3. The number of benzene rings is 6. The summed E-state index contributed by atoms with van der Waals surface area (Å²) in [5, 5.41) is 159. The number of halogens is 5. The normalized spacial score (nSPS) is 29.1. The van der Waals surface area contributed by atoms with E-state index >= 15 is 24.0 Å². The largest absolute Gasteiger partial charge is 0.573 e. The number of amides is 7. The van der Waals surface area contributed by atoms with Gasteiger partial charge in [0.05, 0.1) is 41.3 Å². The number of ether oxygens (including phenoxy) is 9. The summed E-state index contributed by atoms with van der Waals surface area (Å²) in [6, 6.07) is 7.17. The first kappa shape index (κ1) is 98.2. The molecule has 24 N–H and O–H groups in total. The first-order valence-corrected chi connectivity index (χ1v) is 41.8. The van der Waals surface area contributed by atoms with Crippen LogP contribution in [0.2, 0.25) is 10.0 Å². The summed E-state index contributed by atoms with van der Waals surface area (Å²) in [6.45, 7) is 5.14. The van der Waals surface area contributed by atoms with E-state index in [0.29, 0.717) is 15.3 Å². The molecule has 1 aromatic heterocycles. The van der Waals surface area contributed by atoms with Crippen molar-refractivity contribution in [3.8, 4) is 73.3 Å². The van der Waals surface area contributed by atoms with Gasteiger partial charge in [0.1, 0.15) is 126 Å². The lowest BCUT2D eigenvalue weighted by molar-refractivity contribution is -0.350. The Morgan fingerprint density at radius 2 is 1.30 bits per heavy atom. The van der Waals surface area contributed by atoms with Gasteiger partial charge in [-0.3, -0.25) is 33.6 Å². The summed E-state index contributed by atoms with van der Waals surface area (Å²) in [4.78, 5) is 122. The predicted molar refractivity (Wildman–Crippen MR) is 450 cm³/mol. The van der Waals surface area contributed by atoms with E-state index in [9.17, 15) is 88.8 Å². The molecular weight excluding hydrogens is 1780 g/mol. The molecule has 3 fully saturated rings. The Hall–Kier alpha value is -10.9. The van der Waals surface area contributed by atoms with Crippen LogP contribution in [0.25, 0.3) is 21.6 Å². The van der Waals surface area contributed by atoms with Crippen LogP contribution in [0.4, 0.5) is 13.2 Å². The maximum Gasteiger partial charge on any atom is 0.573 e. The Balaban J connectivity index is 0.0000153. The lowest BCUT2D eigenvalue weighted by Gasteiger charge is -2.46. The molecule has 130 heavy (non-hydrogen) atoms. The van der Waals surface area contributed by atoms with Crippen LogP contribution < -0.4 is 72.9 Å². The van der Waals surface area contributed by atoms with Gasteiger partial charge in [0.2, 0.25) is 53.4 Å². The van der Waals surface area contributed by atoms with Crippen LogP contribution in [-0.2, 0) is 68.6 Å². The summed E-state index contributed by atoms with van der Waals surface area (Å²) in [7, 11) is 1.45. The molecule has 2 unspecified atom stereocenters. The number of carboxylic acids is 1. The van der Waals surface area contributed by atoms with Crippen LogP contribution >= 0.6 is 34.5 Å². The fraction of sp³-hybridized carbons (Fsp3) is 0.435. The van der Waals surface area contributed by atoms with Crippen LogP contribution in [0.5, 0.6) is 51.7 Å². The number of fused-ring (bicyclic) bond motifs is 15. The zero-order chi connectivity index (χ0) is 93.4. The summed E-state index contributed by atoms with van der Waals surface area (Å²) >= 11 is 15.7. The number of thiophene rings is 1. The Morgan fingerprint density at radius 3 is 1.92 bits per heavy atom. The number of primary amides is 1. The highest BCUT2D eigenvalue weighted by Crippen LogP contribution is 2.51. The number of aromatic hydroxyl groups is 3. The predicted octanol–water partition coefficient (Wildman–Crippen LogP) is 2.99. The van der Waals surface area contributed by atoms with Gasteiger partial charge in [0.15, 0.2) is 30.1 Å². The number of phenolic OH excluding ortho intramolecular Hbond substituents is 3. The fourth-order valence-corrected chi connectivity index (χ4v) is 17.2. The SMILES string of the molecule is C.CN[C@H](CC(C)C)C(=O)NC1C(=O)N[C@H](CC(N)=O)C(=O)N[C@H]2C(=O)N[C@@H]3C(=O)N[C@H](C(=O)N[C@H](C(=O)O)c4cc(O)cc(O)c4-c4cc3ccc4O)[C@H](OC3C[C@](C)(N)[C@@H](O)[C@H](C)O3)c3ccc(c(Cl)c3)Oc3cc2cc(c3O[C@@H]2O[C@H](CO)[C@@H](O[C@@H]3O[C@H](CNCc4ccc(-c5ccc(OC(F)(F)F)cc5)s4)[C@H](O)[C@H](O)[C@H]3O)[C@H](O)[C@H]2O)Oc2ccc(cc2Cl)[C@H]1O. The minimum atomic E-state index is -4.91. The third-order valence-corrected chi connectivity index (χ3v) is 24.1. The van der Waals surface area contributed by atoms with Gasteiger partial charge in [-0.05, 0) is 152 Å². The number of rotatable bonds is 21. The molecule has 7 aromatic rings. The quantitative estimate of drug-likeness (QED) is 0.0492. The van der Waals surface area contributed by atoms with E-state index in [1.165, 1.54) is 56.5 Å². The molecule has 0 spiro atoms. The minimum Gasteiger partial charge on any atom is -0.508 e. The number of nitrogens with two attached hydrogens (primary N) is 2. The summed E-state index contributed by atoms with van der Waals surface area (Å²) in [5.74, 6) is -17.4. The molecular formula is C85H97Cl2F3N10O29S. The Kier molecular flexibility index (Phi) is 30.5. The molecule has 0 radical (unpaired) electrons. The van der Waals surface area contributed by atoms with Crippen LogP contribution in [0.15, 0.2) is 115 Å². The molecule has 45 heteroatoms. The minimum absolute atomic E-state index is 0. The Labute approximate surface area is 752 Å². The van der Waals surface area contributed by atoms with Gasteiger partial charge in [0.25, 0.3) is 0 Å². The van der Waals surface area contributed by atoms with Crippen molar-refractivity contribution in [2.45, 2.75) is 207 Å². The molecule has 3 saturated heterocycles. The standard InChI is InChI=1S/C84H93Cl2F3N10O29S.CH4/c1-31(2)18-45(92-5)74(112)98-62-64(105)35-9-15-49(43(85)20-35)121-51-22-37-23-52(71(51)126-82-69(110)67(108)72(54(30-100)124-82)127-81-68(109)66(107)65(106)53(123-81)29-93-28-40-13-17-55(129-40)33-6-11-39(12-7-33)128-84(87,88)89)122-50-16-10-36(21-44(50)86)70(125-57-27-83(4,91)73(111)32(3)120-57)63-79(117)97-61(80(118)119)42-24-38(101)25-48(103)58(42)41-19-34(8-14-47(41)102)59(76(114)99-63)96-77(115)60(37)95-75(113)46(26-56(90)104)94-78(62)116;/h6-17,19-25,31-32,45-46,53-54,57,59-70,72-73,81-82,92-93,100-103,105-111H,18,26-30,91H2,1-5H3,(H2,90,104)(H,94,116)(H,95,113)(H,96,115)(H,97,117)(H,98,112)(H,99,114)(H,118,119);1H4/t32-,45+,46+,53+,54+,57?,59-,60+,61-,62?,63-,64+,65-,66-,67+,68+,69+,70+,72+,73-,81-,82-,83-;/m0./s1. The number of carbonyl (C=O) groups is 8. The van der Waals surface area contributed by atoms with Gasteiger partial charge in [-0.25, -0.2) is 4.79 Å². The van der Waals surface area contributed by atoms with Gasteiger partial charge < -0.3 is 158 Å². The molecule has 8 aliphatic heterocycles. The number of hydrogen-bond donors (Lipinski definition) is 22. The maximum atomic E-state index is 16.4. The van der Waals surface area contributed by atoms with Gasteiger partial charge >= 0.3 is 12.3 Å². The molecule has 702 valence electrons. The Bertz CT molecular complexity index is 5370. The van der Waals surface area contributed by atoms with Gasteiger partial charge in [0, 0.05) is 57.6 Å². The highest BCUT2D eigenvalue weighted by Gasteiger charge is 2.53. The van der Waals surface area contributed by atoms with E-state index in [4.69, 9.17) is 72.6 Å². The average Bonchev–Trinajstić information content (AvgIpc) is 0.839. The monoisotopic (exact) mass is 1880 g/mol. The van der Waals surface area contributed by atoms with Gasteiger partial charge in [-0.2, -0.15) is 0 Å². The third kappa shape index (κ3) is 21.8. The van der Waals surface area contributed by atoms with E-state index in [2.05, 4.69) is 47.3 Å². The number of hydrogen-bond acceptors (Lipinski definition) is 32. The van der Waals surface area contributed by atoms with Crippen molar-refractivity contribution in [1.82, 2.24) is 42.5 Å². The van der Waals surface area contributed by atoms with Crippen molar-refractivity contribution >= 4 is 81.9 Å². The first-order chi connectivity index (χ1) is 61.0. The third-order valence-electron chi connectivity index (χ3n) is 22.4. The molecule has 0 aliphatic carbocycles. The molecule has 9 heterocycles. The number of carboxylic acid groups (broad SMARTS) is 1. The van der Waals surface area contributed by atoms with E-state index in [1.54, 1.807) is 26.0 Å². The number of likely N-dealkylation sites (N-methyl/N-ethyl adjacent to an activating group) is 1. The van der Waals surface area contributed by atoms with E-state index in [0.717, 1.165) is 78.9 Å². The van der Waals surface area contributed by atoms with Crippen molar-refractivity contribution in [1.29, 1.82) is 0 Å². The van der Waals surface area contributed by atoms with Crippen LogP contribution in [-0.4, -0.2) is 245 Å². The van der Waals surface area contributed by atoms with Crippen molar-refractivity contribution in [3.63, 3.8) is 0 Å². The zero-order valence-corrected chi connectivity index (χ0v) is 71.1. The summed E-state index contributed by atoms with van der Waals surface area (Å²) in [6.07, 6.45) is -34.8. The van der Waals surface area contributed by atoms with E-state index in [1.807, 2.05) is 0 Å². The van der Waals surface area contributed by atoms with Gasteiger partial charge in [-0.15, -0.1) is 24.5 Å². The van der Waals surface area contributed by atoms with Crippen LogP contribution in [0.1, 0.15) is 117 Å². The smallest absolute Gasteiger partial charge is 0.508 e. The second-order valence-electron chi connectivity index (χ2n) is 32.3. The molecule has 7 amide bonds. The molecule has 8 aliphatic rings. The molecule has 11 bridgehead atoms.